The van der Waals surface area contributed by atoms with E-state index in [1.54, 1.807) is 0 Å². The fourth-order valence-corrected chi connectivity index (χ4v) is 3.77. The van der Waals surface area contributed by atoms with Crippen molar-refractivity contribution in [1.82, 2.24) is 9.80 Å². The summed E-state index contributed by atoms with van der Waals surface area (Å²) >= 11 is 0. The van der Waals surface area contributed by atoms with Crippen LogP contribution in [0.25, 0.3) is 0 Å². The van der Waals surface area contributed by atoms with E-state index in [1.807, 2.05) is 12.1 Å². The fraction of sp³-hybridized carbons (Fsp3) is 0.667. The Hall–Kier alpha value is -1.10. The molecule has 3 rings (SSSR count). The highest BCUT2D eigenvalue weighted by Gasteiger charge is 2.36. The van der Waals surface area contributed by atoms with Crippen molar-refractivity contribution >= 4 is 0 Å². The predicted octanol–water partition coefficient (Wildman–Crippen LogP) is 2.07. The Kier molecular flexibility index (Phi) is 4.71. The van der Waals surface area contributed by atoms with Crippen molar-refractivity contribution in [2.45, 2.75) is 44.4 Å². The van der Waals surface area contributed by atoms with E-state index in [0.717, 1.165) is 43.7 Å². The number of aryl methyl sites for hydroxylation is 1. The topological polar surface area (TPSA) is 35.9 Å². The highest BCUT2D eigenvalue weighted by molar-refractivity contribution is 5.44. The Morgan fingerprint density at radius 1 is 1.32 bits per heavy atom. The molecule has 0 amide bonds. The van der Waals surface area contributed by atoms with Gasteiger partial charge in [-0.05, 0) is 52.0 Å². The van der Waals surface area contributed by atoms with Gasteiger partial charge in [0.1, 0.15) is 18.5 Å². The molecule has 2 aliphatic heterocycles. The van der Waals surface area contributed by atoms with Crippen LogP contribution in [0.4, 0.5) is 0 Å². The number of ether oxygens (including phenoxy) is 1. The molecular formula is C18H28N2O2. The second-order valence-electron chi connectivity index (χ2n) is 6.71. The largest absolute Gasteiger partial charge is 0.491 e. The van der Waals surface area contributed by atoms with Crippen LogP contribution in [-0.2, 0) is 6.42 Å². The molecule has 2 aliphatic rings. The average molecular weight is 304 g/mol. The van der Waals surface area contributed by atoms with E-state index in [9.17, 15) is 5.11 Å². The Balaban J connectivity index is 1.76. The maximum absolute atomic E-state index is 10.9. The molecule has 2 heterocycles. The van der Waals surface area contributed by atoms with Gasteiger partial charge in [-0.1, -0.05) is 25.1 Å². The van der Waals surface area contributed by atoms with Gasteiger partial charge in [0, 0.05) is 11.6 Å². The summed E-state index contributed by atoms with van der Waals surface area (Å²) in [4.78, 5) is 4.72. The van der Waals surface area contributed by atoms with Crippen molar-refractivity contribution in [2.24, 2.45) is 0 Å². The summed E-state index contributed by atoms with van der Waals surface area (Å²) in [5, 5.41) is 10.9. The zero-order chi connectivity index (χ0) is 15.7. The molecule has 1 N–H and O–H groups in total. The molecule has 4 heteroatoms. The van der Waals surface area contributed by atoms with Crippen LogP contribution in [-0.4, -0.2) is 60.8 Å². The van der Waals surface area contributed by atoms with E-state index in [2.05, 4.69) is 36.9 Å². The molecule has 1 aromatic carbocycles. The number of hydrogen-bond acceptors (Lipinski definition) is 4. The monoisotopic (exact) mass is 304 g/mol. The van der Waals surface area contributed by atoms with Gasteiger partial charge in [0.25, 0.3) is 0 Å². The van der Waals surface area contributed by atoms with Crippen LogP contribution in [0.15, 0.2) is 18.2 Å². The molecule has 122 valence electrons. The lowest BCUT2D eigenvalue weighted by atomic mass is 9.93. The van der Waals surface area contributed by atoms with E-state index in [1.165, 1.54) is 5.56 Å². The lowest BCUT2D eigenvalue weighted by molar-refractivity contribution is -0.0147. The Morgan fingerprint density at radius 3 is 2.73 bits per heavy atom. The zero-order valence-electron chi connectivity index (χ0n) is 14.0. The van der Waals surface area contributed by atoms with Gasteiger partial charge in [0.15, 0.2) is 0 Å². The maximum Gasteiger partial charge on any atom is 0.128 e. The number of nitrogens with zero attached hydrogens (tertiary/aromatic N) is 2. The fourth-order valence-electron chi connectivity index (χ4n) is 3.77. The van der Waals surface area contributed by atoms with Gasteiger partial charge in [-0.25, -0.2) is 0 Å². The molecule has 0 bridgehead atoms. The molecule has 22 heavy (non-hydrogen) atoms. The van der Waals surface area contributed by atoms with Crippen LogP contribution in [0.5, 0.6) is 5.75 Å². The second-order valence-corrected chi connectivity index (χ2v) is 6.71. The predicted molar refractivity (Wildman–Crippen MR) is 88.3 cm³/mol. The van der Waals surface area contributed by atoms with Gasteiger partial charge >= 0.3 is 0 Å². The van der Waals surface area contributed by atoms with Gasteiger partial charge in [0.2, 0.25) is 0 Å². The van der Waals surface area contributed by atoms with Crippen LogP contribution in [0.3, 0.4) is 0 Å². The van der Waals surface area contributed by atoms with Crippen LogP contribution < -0.4 is 4.74 Å². The molecule has 2 unspecified atom stereocenters. The number of hydrogen-bond donors (Lipinski definition) is 1. The van der Waals surface area contributed by atoms with Gasteiger partial charge in [-0.3, -0.25) is 4.90 Å². The first kappa shape index (κ1) is 15.8. The number of rotatable bonds is 3. The number of likely N-dealkylation sites (tertiary alicyclic amines) is 1. The molecule has 0 aliphatic carbocycles. The molecular weight excluding hydrogens is 276 g/mol. The van der Waals surface area contributed by atoms with Crippen molar-refractivity contribution < 1.29 is 9.84 Å². The summed E-state index contributed by atoms with van der Waals surface area (Å²) in [6.45, 7) is 4.97. The van der Waals surface area contributed by atoms with Crippen molar-refractivity contribution in [1.29, 1.82) is 0 Å². The highest BCUT2D eigenvalue weighted by atomic mass is 16.5. The van der Waals surface area contributed by atoms with Gasteiger partial charge in [-0.15, -0.1) is 0 Å². The summed E-state index contributed by atoms with van der Waals surface area (Å²) < 4.78 is 6.05. The summed E-state index contributed by atoms with van der Waals surface area (Å²) in [5.74, 6) is 0.908. The van der Waals surface area contributed by atoms with Gasteiger partial charge in [0.05, 0.1) is 6.04 Å². The molecule has 0 aromatic heterocycles. The Morgan fingerprint density at radius 2 is 2.05 bits per heavy atom. The Labute approximate surface area is 133 Å². The molecule has 0 saturated carbocycles. The normalized spacial score (nSPS) is 26.8. The average Bonchev–Trinajstić information content (AvgIpc) is 2.55. The summed E-state index contributed by atoms with van der Waals surface area (Å²) in [7, 11) is 4.32. The van der Waals surface area contributed by atoms with Crippen LogP contribution >= 0.6 is 0 Å². The first-order valence-electron chi connectivity index (χ1n) is 8.45. The smallest absolute Gasteiger partial charge is 0.128 e. The molecule has 4 nitrogen and oxygen atoms in total. The van der Waals surface area contributed by atoms with E-state index < -0.39 is 6.10 Å². The first-order chi connectivity index (χ1) is 10.6. The van der Waals surface area contributed by atoms with E-state index in [4.69, 9.17) is 4.74 Å². The molecule has 0 radical (unpaired) electrons. The number of piperidine rings is 1. The van der Waals surface area contributed by atoms with Crippen molar-refractivity contribution in [3.63, 3.8) is 0 Å². The highest BCUT2D eigenvalue weighted by Crippen LogP contribution is 2.37. The number of benzene rings is 1. The minimum Gasteiger partial charge on any atom is -0.491 e. The third kappa shape index (κ3) is 2.87. The van der Waals surface area contributed by atoms with Crippen LogP contribution in [0, 0.1) is 0 Å². The Bertz CT molecular complexity index is 512. The van der Waals surface area contributed by atoms with E-state index >= 15 is 0 Å². The van der Waals surface area contributed by atoms with Crippen LogP contribution in [0.2, 0.25) is 0 Å². The lowest BCUT2D eigenvalue weighted by Crippen LogP contribution is -2.51. The molecule has 1 aromatic rings. The molecule has 1 saturated heterocycles. The van der Waals surface area contributed by atoms with E-state index in [0.29, 0.717) is 12.6 Å². The quantitative estimate of drug-likeness (QED) is 0.927. The van der Waals surface area contributed by atoms with Crippen molar-refractivity contribution in [3.05, 3.63) is 29.3 Å². The summed E-state index contributed by atoms with van der Waals surface area (Å²) in [6, 6.07) is 6.71. The minimum atomic E-state index is -0.458. The molecule has 0 spiro atoms. The molecule has 1 fully saturated rings. The number of likely N-dealkylation sites (N-methyl/N-ethyl adjacent to an activating group) is 1. The van der Waals surface area contributed by atoms with Crippen LogP contribution in [0.1, 0.15) is 37.0 Å². The zero-order valence-corrected chi connectivity index (χ0v) is 14.0. The SMILES string of the molecule is CCc1cccc2c1OCC(N(C)C1CCN(C)CC1)C2O. The third-order valence-electron chi connectivity index (χ3n) is 5.38. The minimum absolute atomic E-state index is 0.0491. The maximum atomic E-state index is 10.9. The standard InChI is InChI=1S/C18H28N2O2/c1-4-13-6-5-7-15-17(21)16(12-22-18(13)15)20(3)14-8-10-19(2)11-9-14/h5-7,14,16-17,21H,4,8-12H2,1-3H3. The third-order valence-corrected chi connectivity index (χ3v) is 5.38. The van der Waals surface area contributed by atoms with Crippen molar-refractivity contribution in [3.8, 4) is 5.75 Å². The van der Waals surface area contributed by atoms with Gasteiger partial charge in [-0.2, -0.15) is 0 Å². The van der Waals surface area contributed by atoms with Gasteiger partial charge < -0.3 is 14.7 Å². The summed E-state index contributed by atoms with van der Waals surface area (Å²) in [6.07, 6.45) is 2.81. The summed E-state index contributed by atoms with van der Waals surface area (Å²) in [5.41, 5.74) is 2.15. The first-order valence-corrected chi connectivity index (χ1v) is 8.45. The lowest BCUT2D eigenvalue weighted by Gasteiger charge is -2.43. The number of para-hydroxylation sites is 1. The number of aliphatic hydroxyl groups is 1. The van der Waals surface area contributed by atoms with E-state index in [-0.39, 0.29) is 6.04 Å². The molecule has 2 atom stereocenters. The number of fused-ring (bicyclic) bond motifs is 1. The second kappa shape index (κ2) is 6.57. The number of aliphatic hydroxyl groups excluding tert-OH is 1. The van der Waals surface area contributed by atoms with Crippen molar-refractivity contribution in [2.75, 3.05) is 33.8 Å².